The van der Waals surface area contributed by atoms with Crippen LogP contribution in [0.4, 0.5) is 18.9 Å². The van der Waals surface area contributed by atoms with Crippen LogP contribution in [0.25, 0.3) is 10.9 Å². The van der Waals surface area contributed by atoms with E-state index in [0.29, 0.717) is 41.8 Å². The molecule has 1 aromatic heterocycles. The summed E-state index contributed by atoms with van der Waals surface area (Å²) in [4.78, 5) is 13.4. The van der Waals surface area contributed by atoms with E-state index in [9.17, 15) is 23.8 Å². The average molecular weight is 545 g/mol. The summed E-state index contributed by atoms with van der Waals surface area (Å²) >= 11 is 0. The largest absolute Gasteiger partial charge is 0.586 e. The fourth-order valence-electron chi connectivity index (χ4n) is 5.64. The fourth-order valence-corrected chi connectivity index (χ4v) is 5.64. The van der Waals surface area contributed by atoms with Crippen molar-refractivity contribution in [2.45, 2.75) is 63.2 Å². The van der Waals surface area contributed by atoms with Crippen LogP contribution in [0.15, 0.2) is 36.4 Å². The number of carbonyl (C=O) groups is 1. The SMILES string of the molecule is CC(C)(CO)c1cc2cc(NC(=O)C3(c4ccc5c(c4)OC(F)(F)O5)CC3)c(F)cc2n1C[C@H](CO)C1CC1. The molecule has 10 heteroatoms. The highest BCUT2D eigenvalue weighted by atomic mass is 19.3. The first kappa shape index (κ1) is 26.0. The number of hydrogen-bond donors (Lipinski definition) is 3. The molecule has 0 unspecified atom stereocenters. The van der Waals surface area contributed by atoms with Crippen LogP contribution >= 0.6 is 0 Å². The number of fused-ring (bicyclic) bond motifs is 2. The highest BCUT2D eigenvalue weighted by Gasteiger charge is 2.53. The quantitative estimate of drug-likeness (QED) is 0.350. The maximum absolute atomic E-state index is 15.5. The standard InChI is InChI=1S/C29H31F3N2O5/c1-27(2,15-36)25-10-17-9-21(20(30)12-22(17)34(25)13-18(14-35)16-3-4-16)33-26(37)28(7-8-28)19-5-6-23-24(11-19)39-29(31,32)38-23/h5-6,9-12,16,18,35-36H,3-4,7-8,13-15H2,1-2H3,(H,33,37)/t18-/m1/s1. The molecule has 39 heavy (non-hydrogen) atoms. The van der Waals surface area contributed by atoms with Gasteiger partial charge >= 0.3 is 6.29 Å². The number of aliphatic hydroxyl groups is 2. The van der Waals surface area contributed by atoms with Gasteiger partial charge in [0.25, 0.3) is 0 Å². The Bertz CT molecular complexity index is 1460. The summed E-state index contributed by atoms with van der Waals surface area (Å²) in [6.45, 7) is 4.22. The molecule has 6 rings (SSSR count). The summed E-state index contributed by atoms with van der Waals surface area (Å²) in [6, 6.07) is 9.13. The normalized spacial score (nSPS) is 19.8. The maximum Gasteiger partial charge on any atom is 0.586 e. The molecule has 7 nitrogen and oxygen atoms in total. The van der Waals surface area contributed by atoms with Crippen molar-refractivity contribution in [3.8, 4) is 11.5 Å². The zero-order valence-electron chi connectivity index (χ0n) is 21.8. The fraction of sp³-hybridized carbons (Fsp3) is 0.483. The summed E-state index contributed by atoms with van der Waals surface area (Å²) < 4.78 is 53.4. The molecule has 3 aliphatic rings. The van der Waals surface area contributed by atoms with Crippen LogP contribution in [-0.4, -0.2) is 40.2 Å². The molecule has 1 amide bonds. The predicted molar refractivity (Wildman–Crippen MR) is 137 cm³/mol. The molecule has 0 bridgehead atoms. The number of rotatable bonds is 9. The van der Waals surface area contributed by atoms with Crippen LogP contribution in [0.1, 0.15) is 50.8 Å². The Labute approximate surface area is 223 Å². The van der Waals surface area contributed by atoms with E-state index >= 15 is 4.39 Å². The van der Waals surface area contributed by atoms with Crippen molar-refractivity contribution >= 4 is 22.5 Å². The second-order valence-electron chi connectivity index (χ2n) is 11.7. The van der Waals surface area contributed by atoms with Gasteiger partial charge in [0.15, 0.2) is 11.5 Å². The second-order valence-corrected chi connectivity index (χ2v) is 11.7. The zero-order valence-corrected chi connectivity index (χ0v) is 21.8. The number of anilines is 1. The Morgan fingerprint density at radius 3 is 2.49 bits per heavy atom. The Hall–Kier alpha value is -3.24. The van der Waals surface area contributed by atoms with Crippen molar-refractivity contribution < 1.29 is 37.7 Å². The van der Waals surface area contributed by atoms with Crippen LogP contribution in [-0.2, 0) is 22.2 Å². The average Bonchev–Trinajstić information content (AvgIpc) is 3.81. The van der Waals surface area contributed by atoms with Crippen molar-refractivity contribution in [2.75, 3.05) is 18.5 Å². The van der Waals surface area contributed by atoms with Crippen LogP contribution in [0.2, 0.25) is 0 Å². The minimum absolute atomic E-state index is 0.0115. The van der Waals surface area contributed by atoms with E-state index in [-0.39, 0.29) is 36.3 Å². The first-order chi connectivity index (χ1) is 18.5. The summed E-state index contributed by atoms with van der Waals surface area (Å²) in [7, 11) is 0. The number of benzene rings is 2. The van der Waals surface area contributed by atoms with E-state index in [0.717, 1.165) is 18.5 Å². The molecule has 2 aliphatic carbocycles. The van der Waals surface area contributed by atoms with E-state index in [1.165, 1.54) is 18.2 Å². The lowest BCUT2D eigenvalue weighted by atomic mass is 9.90. The van der Waals surface area contributed by atoms with E-state index < -0.39 is 28.8 Å². The third kappa shape index (κ3) is 4.53. The number of halogens is 3. The lowest BCUT2D eigenvalue weighted by Crippen LogP contribution is -2.28. The highest BCUT2D eigenvalue weighted by Crippen LogP contribution is 2.52. The molecule has 1 aliphatic heterocycles. The second kappa shape index (κ2) is 8.89. The maximum atomic E-state index is 15.5. The molecule has 0 saturated heterocycles. The van der Waals surface area contributed by atoms with Crippen LogP contribution in [0.5, 0.6) is 11.5 Å². The first-order valence-corrected chi connectivity index (χ1v) is 13.2. The zero-order chi connectivity index (χ0) is 27.7. The molecule has 2 heterocycles. The Morgan fingerprint density at radius 2 is 1.85 bits per heavy atom. The van der Waals surface area contributed by atoms with Gasteiger partial charge in [0, 0.05) is 41.6 Å². The van der Waals surface area contributed by atoms with Gasteiger partial charge in [-0.15, -0.1) is 8.78 Å². The Kier molecular flexibility index (Phi) is 5.93. The number of carbonyl (C=O) groups excluding carboxylic acids is 1. The number of alkyl halides is 2. The molecule has 208 valence electrons. The van der Waals surface area contributed by atoms with Gasteiger partial charge in [0.05, 0.1) is 23.2 Å². The van der Waals surface area contributed by atoms with Gasteiger partial charge in [0.2, 0.25) is 5.91 Å². The Morgan fingerprint density at radius 1 is 1.13 bits per heavy atom. The van der Waals surface area contributed by atoms with Gasteiger partial charge in [-0.2, -0.15) is 0 Å². The van der Waals surface area contributed by atoms with E-state index in [1.807, 2.05) is 24.5 Å². The molecular formula is C29H31F3N2O5. The molecule has 3 aromatic rings. The third-order valence-corrected chi connectivity index (χ3v) is 8.41. The Balaban J connectivity index is 1.31. The van der Waals surface area contributed by atoms with Gasteiger partial charge in [-0.1, -0.05) is 19.9 Å². The summed E-state index contributed by atoms with van der Waals surface area (Å²) in [5.74, 6) is -0.831. The van der Waals surface area contributed by atoms with Crippen LogP contribution in [0, 0.1) is 17.7 Å². The number of amides is 1. The van der Waals surface area contributed by atoms with Crippen LogP contribution in [0.3, 0.4) is 0 Å². The number of nitrogens with zero attached hydrogens (tertiary/aromatic N) is 1. The smallest absolute Gasteiger partial charge is 0.396 e. The monoisotopic (exact) mass is 544 g/mol. The van der Waals surface area contributed by atoms with E-state index in [2.05, 4.69) is 14.8 Å². The van der Waals surface area contributed by atoms with Gasteiger partial charge < -0.3 is 29.6 Å². The predicted octanol–water partition coefficient (Wildman–Crippen LogP) is 5.06. The molecular weight excluding hydrogens is 513 g/mol. The van der Waals surface area contributed by atoms with Gasteiger partial charge in [0.1, 0.15) is 5.82 Å². The van der Waals surface area contributed by atoms with Gasteiger partial charge in [-0.3, -0.25) is 4.79 Å². The summed E-state index contributed by atoms with van der Waals surface area (Å²) in [6.07, 6.45) is -0.683. The topological polar surface area (TPSA) is 93.0 Å². The molecule has 3 N–H and O–H groups in total. The van der Waals surface area contributed by atoms with Crippen molar-refractivity contribution in [3.63, 3.8) is 0 Å². The van der Waals surface area contributed by atoms with Crippen molar-refractivity contribution in [3.05, 3.63) is 53.5 Å². The van der Waals surface area contributed by atoms with Gasteiger partial charge in [-0.05, 0) is 61.4 Å². The van der Waals surface area contributed by atoms with Gasteiger partial charge in [-0.25, -0.2) is 4.39 Å². The van der Waals surface area contributed by atoms with Crippen molar-refractivity contribution in [2.24, 2.45) is 11.8 Å². The summed E-state index contributed by atoms with van der Waals surface area (Å²) in [5.41, 5.74) is 0.354. The molecule has 0 radical (unpaired) electrons. The third-order valence-electron chi connectivity index (χ3n) is 8.41. The minimum atomic E-state index is -3.76. The molecule has 1 atom stereocenters. The molecule has 2 aromatic carbocycles. The number of nitrogens with one attached hydrogen (secondary N) is 1. The first-order valence-electron chi connectivity index (χ1n) is 13.2. The number of aromatic nitrogens is 1. The lowest BCUT2D eigenvalue weighted by Gasteiger charge is -2.26. The van der Waals surface area contributed by atoms with Crippen molar-refractivity contribution in [1.29, 1.82) is 0 Å². The lowest BCUT2D eigenvalue weighted by molar-refractivity contribution is -0.286. The van der Waals surface area contributed by atoms with E-state index in [4.69, 9.17) is 0 Å². The number of ether oxygens (including phenoxy) is 2. The summed E-state index contributed by atoms with van der Waals surface area (Å²) in [5, 5.41) is 23.5. The van der Waals surface area contributed by atoms with E-state index in [1.54, 1.807) is 12.1 Å². The number of aliphatic hydroxyl groups excluding tert-OH is 2. The number of hydrogen-bond acceptors (Lipinski definition) is 5. The van der Waals surface area contributed by atoms with Crippen LogP contribution < -0.4 is 14.8 Å². The molecule has 2 fully saturated rings. The molecule has 0 spiro atoms. The minimum Gasteiger partial charge on any atom is -0.396 e. The highest BCUT2D eigenvalue weighted by molar-refractivity contribution is 6.02. The molecule has 2 saturated carbocycles. The van der Waals surface area contributed by atoms with Crippen molar-refractivity contribution in [1.82, 2.24) is 4.57 Å².